The van der Waals surface area contributed by atoms with Crippen molar-refractivity contribution in [3.05, 3.63) is 70.9 Å². The number of ether oxygens (including phenoxy) is 2. The quantitative estimate of drug-likeness (QED) is 0.612. The monoisotopic (exact) mass is 448 g/mol. The number of carbonyl (C=O) groups excluding carboxylic acids is 3. The highest BCUT2D eigenvalue weighted by Crippen LogP contribution is 2.44. The number of carbonyl (C=O) groups is 3. The van der Waals surface area contributed by atoms with Crippen LogP contribution in [0.25, 0.3) is 10.9 Å². The van der Waals surface area contributed by atoms with Gasteiger partial charge in [0.15, 0.2) is 0 Å². The van der Waals surface area contributed by atoms with Gasteiger partial charge in [-0.15, -0.1) is 0 Å². The van der Waals surface area contributed by atoms with Crippen molar-refractivity contribution >= 4 is 28.9 Å². The molecule has 0 bridgehead atoms. The van der Waals surface area contributed by atoms with Crippen LogP contribution in [0.15, 0.2) is 48.5 Å². The van der Waals surface area contributed by atoms with Crippen LogP contribution in [0.2, 0.25) is 0 Å². The number of aromatic nitrogens is 1. The number of para-hydroxylation sites is 1. The fraction of sp³-hybridized carbons (Fsp3) is 0.346. The molecule has 1 aromatic heterocycles. The maximum atomic E-state index is 13.3. The van der Waals surface area contributed by atoms with Crippen molar-refractivity contribution in [2.45, 2.75) is 45.1 Å². The summed E-state index contributed by atoms with van der Waals surface area (Å²) in [6.07, 6.45) is 0.0871. The first-order valence-corrected chi connectivity index (χ1v) is 11.0. The summed E-state index contributed by atoms with van der Waals surface area (Å²) in [5.74, 6) is -1.28. The Morgan fingerprint density at radius 3 is 2.45 bits per heavy atom. The first-order chi connectivity index (χ1) is 15.8. The van der Waals surface area contributed by atoms with Gasteiger partial charge in [-0.25, -0.2) is 14.2 Å². The lowest BCUT2D eigenvalue weighted by Crippen LogP contribution is -2.62. The molecule has 1 N–H and O–H groups in total. The van der Waals surface area contributed by atoms with Crippen LogP contribution >= 0.6 is 0 Å². The van der Waals surface area contributed by atoms with Gasteiger partial charge in [-0.05, 0) is 37.5 Å². The first-order valence-electron chi connectivity index (χ1n) is 11.0. The van der Waals surface area contributed by atoms with Crippen molar-refractivity contribution in [1.29, 1.82) is 0 Å². The van der Waals surface area contributed by atoms with Crippen LogP contribution < -0.4 is 5.32 Å². The molecule has 2 aromatic carbocycles. The lowest BCUT2D eigenvalue weighted by molar-refractivity contribution is -0.152. The highest BCUT2D eigenvalue weighted by molar-refractivity contribution is 5.96. The van der Waals surface area contributed by atoms with E-state index in [0.717, 1.165) is 27.8 Å². The molecule has 1 amide bonds. The Balaban J connectivity index is 2.00. The van der Waals surface area contributed by atoms with Gasteiger partial charge in [0, 0.05) is 30.3 Å². The first kappa shape index (κ1) is 22.6. The molecule has 33 heavy (non-hydrogen) atoms. The lowest BCUT2D eigenvalue weighted by Gasteiger charge is -2.42. The number of methoxy groups -OCH3 is 1. The van der Waals surface area contributed by atoms with Gasteiger partial charge < -0.3 is 14.8 Å². The Morgan fingerprint density at radius 2 is 1.82 bits per heavy atom. The van der Waals surface area contributed by atoms with Gasteiger partial charge in [0.25, 0.3) is 0 Å². The Hall–Kier alpha value is -3.61. The molecule has 4 rings (SSSR count). The van der Waals surface area contributed by atoms with E-state index in [1.807, 2.05) is 55.5 Å². The van der Waals surface area contributed by atoms with E-state index in [1.165, 1.54) is 14.0 Å². The molecule has 3 aromatic rings. The van der Waals surface area contributed by atoms with Gasteiger partial charge in [-0.3, -0.25) is 4.79 Å². The van der Waals surface area contributed by atoms with E-state index in [0.29, 0.717) is 11.9 Å². The van der Waals surface area contributed by atoms with E-state index < -0.39 is 23.5 Å². The number of rotatable bonds is 4. The Morgan fingerprint density at radius 1 is 1.12 bits per heavy atom. The summed E-state index contributed by atoms with van der Waals surface area (Å²) in [7, 11) is 1.33. The summed E-state index contributed by atoms with van der Waals surface area (Å²) in [4.78, 5) is 38.7. The number of hydrogen-bond acceptors (Lipinski definition) is 5. The molecular weight excluding hydrogens is 420 g/mol. The van der Waals surface area contributed by atoms with Crippen LogP contribution in [0.3, 0.4) is 0 Å². The molecule has 0 spiro atoms. The Bertz CT molecular complexity index is 1230. The molecule has 1 aliphatic carbocycles. The molecule has 1 heterocycles. The minimum absolute atomic E-state index is 0.194. The highest BCUT2D eigenvalue weighted by atomic mass is 16.5. The summed E-state index contributed by atoms with van der Waals surface area (Å²) in [6, 6.07) is 15.4. The van der Waals surface area contributed by atoms with E-state index in [9.17, 15) is 14.4 Å². The summed E-state index contributed by atoms with van der Waals surface area (Å²) in [5.41, 5.74) is 2.98. The third kappa shape index (κ3) is 3.77. The van der Waals surface area contributed by atoms with Gasteiger partial charge in [0.05, 0.1) is 19.2 Å². The number of aryl methyl sites for hydroxylation is 1. The topological polar surface area (TPSA) is 86.6 Å². The number of esters is 1. The molecular formula is C26H28N2O5. The molecule has 2 atom stereocenters. The molecule has 0 aliphatic heterocycles. The molecule has 0 radical (unpaired) electrons. The zero-order valence-electron chi connectivity index (χ0n) is 19.3. The smallest absolute Gasteiger partial charge is 0.418 e. The average Bonchev–Trinajstić information content (AvgIpc) is 3.11. The second-order valence-electron chi connectivity index (χ2n) is 8.47. The standard InChI is InChI=1S/C26H28N2O5/c1-5-33-25(31)28-22-9-7-6-8-19(22)20-15-26(24(30)32-4,27-17(3)29)21(14-23(20)28)18-12-10-16(2)11-13-18/h6-13,21H,5,14-15H2,1-4H3,(H,27,29)/t21-,26-/m0/s1. The molecule has 0 unspecified atom stereocenters. The van der Waals surface area contributed by atoms with Gasteiger partial charge >= 0.3 is 12.1 Å². The van der Waals surface area contributed by atoms with Crippen molar-refractivity contribution < 1.29 is 23.9 Å². The second kappa shape index (κ2) is 8.73. The average molecular weight is 449 g/mol. The normalized spacial score (nSPS) is 19.6. The maximum absolute atomic E-state index is 13.3. The number of hydrogen-bond donors (Lipinski definition) is 1. The van der Waals surface area contributed by atoms with Crippen LogP contribution in [0.4, 0.5) is 4.79 Å². The summed E-state index contributed by atoms with van der Waals surface area (Å²) >= 11 is 0. The van der Waals surface area contributed by atoms with E-state index in [2.05, 4.69) is 5.32 Å². The van der Waals surface area contributed by atoms with Crippen LogP contribution in [0.5, 0.6) is 0 Å². The molecule has 0 saturated heterocycles. The number of fused-ring (bicyclic) bond motifs is 3. The van der Waals surface area contributed by atoms with E-state index >= 15 is 0 Å². The van der Waals surface area contributed by atoms with Crippen molar-refractivity contribution in [2.75, 3.05) is 13.7 Å². The SMILES string of the molecule is CCOC(=O)n1c2c(c3ccccc31)C[C@@](NC(C)=O)(C(=O)OC)[C@H](c1ccc(C)cc1)C2. The van der Waals surface area contributed by atoms with Crippen LogP contribution in [-0.4, -0.2) is 41.8 Å². The number of nitrogens with one attached hydrogen (secondary N) is 1. The van der Waals surface area contributed by atoms with Crippen molar-refractivity contribution in [3.63, 3.8) is 0 Å². The van der Waals surface area contributed by atoms with E-state index in [4.69, 9.17) is 9.47 Å². The van der Waals surface area contributed by atoms with Gasteiger partial charge in [0.1, 0.15) is 5.54 Å². The second-order valence-corrected chi connectivity index (χ2v) is 8.47. The molecule has 0 saturated carbocycles. The van der Waals surface area contributed by atoms with Gasteiger partial charge in [0.2, 0.25) is 5.91 Å². The zero-order chi connectivity index (χ0) is 23.8. The van der Waals surface area contributed by atoms with E-state index in [-0.39, 0.29) is 18.9 Å². The number of nitrogens with zero attached hydrogens (tertiary/aromatic N) is 1. The predicted molar refractivity (Wildman–Crippen MR) is 124 cm³/mol. The minimum atomic E-state index is -1.31. The van der Waals surface area contributed by atoms with Crippen molar-refractivity contribution in [1.82, 2.24) is 9.88 Å². The van der Waals surface area contributed by atoms with Gasteiger partial charge in [-0.2, -0.15) is 0 Å². The van der Waals surface area contributed by atoms with Crippen LogP contribution in [0.1, 0.15) is 42.1 Å². The zero-order valence-corrected chi connectivity index (χ0v) is 19.3. The molecule has 1 aliphatic rings. The summed E-state index contributed by atoms with van der Waals surface area (Å²) in [5, 5.41) is 3.79. The van der Waals surface area contributed by atoms with Gasteiger partial charge in [-0.1, -0.05) is 48.0 Å². The Labute approximate surface area is 192 Å². The molecule has 172 valence electrons. The fourth-order valence-corrected chi connectivity index (χ4v) is 5.03. The Kier molecular flexibility index (Phi) is 5.97. The van der Waals surface area contributed by atoms with Crippen molar-refractivity contribution in [3.8, 4) is 0 Å². The minimum Gasteiger partial charge on any atom is -0.467 e. The fourth-order valence-electron chi connectivity index (χ4n) is 5.03. The molecule has 7 heteroatoms. The third-order valence-electron chi connectivity index (χ3n) is 6.42. The van der Waals surface area contributed by atoms with Crippen LogP contribution in [0, 0.1) is 6.92 Å². The predicted octanol–water partition coefficient (Wildman–Crippen LogP) is 3.88. The van der Waals surface area contributed by atoms with E-state index in [1.54, 1.807) is 11.5 Å². The number of benzene rings is 2. The number of amides is 1. The molecule has 7 nitrogen and oxygen atoms in total. The third-order valence-corrected chi connectivity index (χ3v) is 6.42. The summed E-state index contributed by atoms with van der Waals surface area (Å²) < 4.78 is 12.2. The highest BCUT2D eigenvalue weighted by Gasteiger charge is 2.52. The maximum Gasteiger partial charge on any atom is 0.418 e. The molecule has 0 fully saturated rings. The largest absolute Gasteiger partial charge is 0.467 e. The summed E-state index contributed by atoms with van der Waals surface area (Å²) in [6.45, 7) is 5.40. The lowest BCUT2D eigenvalue weighted by atomic mass is 9.68. The van der Waals surface area contributed by atoms with Crippen LogP contribution in [-0.2, 0) is 31.9 Å². The van der Waals surface area contributed by atoms with Crippen molar-refractivity contribution in [2.24, 2.45) is 0 Å².